The molecule has 0 saturated carbocycles. The molecule has 25 heavy (non-hydrogen) atoms. The second kappa shape index (κ2) is 6.40. The van der Waals surface area contributed by atoms with Crippen LogP contribution in [0.15, 0.2) is 30.6 Å². The summed E-state index contributed by atoms with van der Waals surface area (Å²) in [6.45, 7) is 5.05. The number of carbonyl (C=O) groups is 1. The Morgan fingerprint density at radius 3 is 2.92 bits per heavy atom. The lowest BCUT2D eigenvalue weighted by atomic mass is 9.89. The van der Waals surface area contributed by atoms with Crippen LogP contribution < -0.4 is 9.47 Å². The van der Waals surface area contributed by atoms with Gasteiger partial charge in [0.05, 0.1) is 12.1 Å². The van der Waals surface area contributed by atoms with Gasteiger partial charge in [0.25, 0.3) is 0 Å². The monoisotopic (exact) mass is 343 g/mol. The summed E-state index contributed by atoms with van der Waals surface area (Å²) in [5.74, 6) is 0.172. The van der Waals surface area contributed by atoms with Gasteiger partial charge >= 0.3 is 5.97 Å². The molecule has 2 aromatic rings. The summed E-state index contributed by atoms with van der Waals surface area (Å²) in [6, 6.07) is 5.73. The molecular weight excluding hydrogens is 322 g/mol. The van der Waals surface area contributed by atoms with E-state index in [1.165, 1.54) is 0 Å². The van der Waals surface area contributed by atoms with Crippen molar-refractivity contribution >= 4 is 5.97 Å². The Bertz CT molecular complexity index is 788. The van der Waals surface area contributed by atoms with Gasteiger partial charge in [-0.15, -0.1) is 0 Å². The zero-order chi connectivity index (χ0) is 17.4. The first-order valence-electron chi connectivity index (χ1n) is 8.50. The molecule has 1 aromatic heterocycles. The molecule has 7 heteroatoms. The Kier molecular flexibility index (Phi) is 4.09. The van der Waals surface area contributed by atoms with Gasteiger partial charge in [0.1, 0.15) is 0 Å². The number of aryl methyl sites for hydroxylation is 1. The number of carboxylic acids is 1. The molecule has 1 saturated heterocycles. The van der Waals surface area contributed by atoms with Gasteiger partial charge in [0.15, 0.2) is 11.5 Å². The summed E-state index contributed by atoms with van der Waals surface area (Å²) < 4.78 is 12.7. The number of rotatable bonds is 5. The maximum Gasteiger partial charge on any atom is 0.308 e. The van der Waals surface area contributed by atoms with E-state index < -0.39 is 11.9 Å². The first-order chi connectivity index (χ1) is 12.1. The topological polar surface area (TPSA) is 76.8 Å². The Hall–Kier alpha value is -2.54. The summed E-state index contributed by atoms with van der Waals surface area (Å²) in [5, 5.41) is 14.0. The first kappa shape index (κ1) is 16.0. The molecule has 1 aromatic carbocycles. The predicted octanol–water partition coefficient (Wildman–Crippen LogP) is 1.93. The third kappa shape index (κ3) is 3.07. The molecule has 2 aliphatic heterocycles. The molecule has 2 aliphatic rings. The standard InChI is InChI=1S/C18H21N3O4/c1-2-21-8-12(6-19-21)7-20-9-14(15(10-20)18(22)23)13-3-4-16-17(5-13)25-11-24-16/h3-6,8,14-15H,2,7,9-11H2,1H3,(H,22,23)/t14-,15+/m1/s1. The summed E-state index contributed by atoms with van der Waals surface area (Å²) in [4.78, 5) is 14.0. The highest BCUT2D eigenvalue weighted by Gasteiger charge is 2.39. The summed E-state index contributed by atoms with van der Waals surface area (Å²) >= 11 is 0. The van der Waals surface area contributed by atoms with Crippen molar-refractivity contribution in [3.05, 3.63) is 41.7 Å². The molecule has 132 valence electrons. The molecule has 3 heterocycles. The normalized spacial score (nSPS) is 22.4. The maximum absolute atomic E-state index is 11.8. The molecule has 1 fully saturated rings. The molecule has 0 bridgehead atoms. The summed E-state index contributed by atoms with van der Waals surface area (Å²) in [7, 11) is 0. The Labute approximate surface area is 145 Å². The van der Waals surface area contributed by atoms with Crippen LogP contribution in [0.2, 0.25) is 0 Å². The second-order valence-corrected chi connectivity index (χ2v) is 6.56. The lowest BCUT2D eigenvalue weighted by Crippen LogP contribution is -2.23. The molecule has 0 spiro atoms. The van der Waals surface area contributed by atoms with Crippen molar-refractivity contribution in [2.75, 3.05) is 19.9 Å². The average Bonchev–Trinajstić information content (AvgIpc) is 3.33. The number of fused-ring (bicyclic) bond motifs is 1. The third-order valence-electron chi connectivity index (χ3n) is 4.95. The number of hydrogen-bond acceptors (Lipinski definition) is 5. The molecule has 0 unspecified atom stereocenters. The number of ether oxygens (including phenoxy) is 2. The fourth-order valence-corrected chi connectivity index (χ4v) is 3.67. The largest absolute Gasteiger partial charge is 0.481 e. The van der Waals surface area contributed by atoms with Gasteiger partial charge in [-0.25, -0.2) is 0 Å². The molecule has 2 atom stereocenters. The zero-order valence-electron chi connectivity index (χ0n) is 14.1. The van der Waals surface area contributed by atoms with Gasteiger partial charge < -0.3 is 14.6 Å². The van der Waals surface area contributed by atoms with Crippen LogP contribution in [0.25, 0.3) is 0 Å². The van der Waals surface area contributed by atoms with Crippen LogP contribution in [0.3, 0.4) is 0 Å². The second-order valence-electron chi connectivity index (χ2n) is 6.56. The van der Waals surface area contributed by atoms with E-state index in [0.29, 0.717) is 25.4 Å². The maximum atomic E-state index is 11.8. The van der Waals surface area contributed by atoms with Crippen molar-refractivity contribution in [3.8, 4) is 11.5 Å². The molecule has 7 nitrogen and oxygen atoms in total. The van der Waals surface area contributed by atoms with Crippen LogP contribution in [0.4, 0.5) is 0 Å². The van der Waals surface area contributed by atoms with E-state index in [2.05, 4.69) is 10.00 Å². The van der Waals surface area contributed by atoms with Gasteiger partial charge in [0.2, 0.25) is 6.79 Å². The van der Waals surface area contributed by atoms with Gasteiger partial charge in [-0.3, -0.25) is 14.4 Å². The highest BCUT2D eigenvalue weighted by Crippen LogP contribution is 2.39. The number of benzene rings is 1. The summed E-state index contributed by atoms with van der Waals surface area (Å²) in [5.41, 5.74) is 2.10. The highest BCUT2D eigenvalue weighted by atomic mass is 16.7. The van der Waals surface area contributed by atoms with Crippen molar-refractivity contribution in [2.45, 2.75) is 25.9 Å². The van der Waals surface area contributed by atoms with E-state index in [4.69, 9.17) is 9.47 Å². The van der Waals surface area contributed by atoms with E-state index in [9.17, 15) is 9.90 Å². The smallest absolute Gasteiger partial charge is 0.308 e. The van der Waals surface area contributed by atoms with Crippen LogP contribution >= 0.6 is 0 Å². The Balaban J connectivity index is 1.53. The van der Waals surface area contributed by atoms with Gasteiger partial charge in [0, 0.05) is 43.9 Å². The molecule has 0 aliphatic carbocycles. The molecule has 0 amide bonds. The average molecular weight is 343 g/mol. The predicted molar refractivity (Wildman–Crippen MR) is 89.6 cm³/mol. The van der Waals surface area contributed by atoms with Crippen molar-refractivity contribution in [1.82, 2.24) is 14.7 Å². The van der Waals surface area contributed by atoms with Gasteiger partial charge in [-0.2, -0.15) is 5.10 Å². The van der Waals surface area contributed by atoms with Crippen LogP contribution in [0.5, 0.6) is 11.5 Å². The van der Waals surface area contributed by atoms with Crippen molar-refractivity contribution in [1.29, 1.82) is 0 Å². The number of nitrogens with zero attached hydrogens (tertiary/aromatic N) is 3. The van der Waals surface area contributed by atoms with E-state index in [0.717, 1.165) is 23.4 Å². The first-order valence-corrected chi connectivity index (χ1v) is 8.50. The van der Waals surface area contributed by atoms with E-state index in [-0.39, 0.29) is 12.7 Å². The lowest BCUT2D eigenvalue weighted by Gasteiger charge is -2.16. The van der Waals surface area contributed by atoms with Crippen LogP contribution in [-0.4, -0.2) is 45.6 Å². The molecule has 4 rings (SSSR count). The lowest BCUT2D eigenvalue weighted by molar-refractivity contribution is -0.141. The number of aromatic nitrogens is 2. The molecular formula is C18H21N3O4. The van der Waals surface area contributed by atoms with Crippen molar-refractivity contribution in [3.63, 3.8) is 0 Å². The fourth-order valence-electron chi connectivity index (χ4n) is 3.67. The Morgan fingerprint density at radius 1 is 1.32 bits per heavy atom. The SMILES string of the molecule is CCn1cc(CN2C[C@H](C(=O)O)[C@@H](c3ccc4c(c3)OCO4)C2)cn1. The van der Waals surface area contributed by atoms with E-state index in [1.807, 2.05) is 42.2 Å². The quantitative estimate of drug-likeness (QED) is 0.894. The Morgan fingerprint density at radius 2 is 2.16 bits per heavy atom. The van der Waals surface area contributed by atoms with Crippen LogP contribution in [0.1, 0.15) is 24.0 Å². The van der Waals surface area contributed by atoms with Crippen molar-refractivity contribution < 1.29 is 19.4 Å². The number of carboxylic acid groups (broad SMARTS) is 1. The van der Waals surface area contributed by atoms with E-state index >= 15 is 0 Å². The fraction of sp³-hybridized carbons (Fsp3) is 0.444. The minimum atomic E-state index is -0.755. The number of hydrogen-bond donors (Lipinski definition) is 1. The minimum absolute atomic E-state index is 0.0618. The number of likely N-dealkylation sites (tertiary alicyclic amines) is 1. The van der Waals surface area contributed by atoms with Crippen molar-refractivity contribution in [2.24, 2.45) is 5.92 Å². The molecule has 0 radical (unpaired) electrons. The van der Waals surface area contributed by atoms with Gasteiger partial charge in [-0.1, -0.05) is 6.07 Å². The van der Waals surface area contributed by atoms with Crippen LogP contribution in [0, 0.1) is 5.92 Å². The van der Waals surface area contributed by atoms with Gasteiger partial charge in [-0.05, 0) is 24.6 Å². The zero-order valence-corrected chi connectivity index (χ0v) is 14.1. The molecule has 1 N–H and O–H groups in total. The third-order valence-corrected chi connectivity index (χ3v) is 4.95. The minimum Gasteiger partial charge on any atom is -0.481 e. The highest BCUT2D eigenvalue weighted by molar-refractivity contribution is 5.72. The number of aliphatic carboxylic acids is 1. The summed E-state index contributed by atoms with van der Waals surface area (Å²) in [6.07, 6.45) is 3.87. The van der Waals surface area contributed by atoms with E-state index in [1.54, 1.807) is 0 Å². The van der Waals surface area contributed by atoms with Crippen LogP contribution in [-0.2, 0) is 17.9 Å².